The van der Waals surface area contributed by atoms with Gasteiger partial charge >= 0.3 is 0 Å². The highest BCUT2D eigenvalue weighted by Crippen LogP contribution is 2.36. The monoisotopic (exact) mass is 318 g/mol. The van der Waals surface area contributed by atoms with E-state index in [-0.39, 0.29) is 13.2 Å². The minimum Gasteiger partial charge on any atom is -0.490 e. The third-order valence-corrected chi connectivity index (χ3v) is 3.52. The summed E-state index contributed by atoms with van der Waals surface area (Å²) in [6.07, 6.45) is 0.906. The smallest absolute Gasteiger partial charge is 0.130 e. The van der Waals surface area contributed by atoms with E-state index in [0.29, 0.717) is 0 Å². The molecule has 23 heavy (non-hydrogen) atoms. The van der Waals surface area contributed by atoms with Gasteiger partial charge in [0, 0.05) is 10.8 Å². The Kier molecular flexibility index (Phi) is 6.25. The van der Waals surface area contributed by atoms with E-state index in [1.54, 1.807) is 13.8 Å². The number of benzene rings is 2. The zero-order valence-corrected chi connectivity index (χ0v) is 14.1. The molecule has 0 aliphatic heterocycles. The summed E-state index contributed by atoms with van der Waals surface area (Å²) in [5.41, 5.74) is 1.13. The standard InChI is InChI=1S/C19H26O4/c1-4-6-15-9-10-16-17(19(15)23-12-14(3)21)7-5-8-18(16)22-11-13(2)20/h5,7-10,13-14,20-21H,4,6,11-12H2,1-3H3. The first-order chi connectivity index (χ1) is 11.0. The first-order valence-electron chi connectivity index (χ1n) is 8.19. The molecule has 4 heteroatoms. The van der Waals surface area contributed by atoms with Gasteiger partial charge < -0.3 is 19.7 Å². The van der Waals surface area contributed by atoms with Gasteiger partial charge in [-0.1, -0.05) is 37.6 Å². The fourth-order valence-corrected chi connectivity index (χ4v) is 2.52. The second-order valence-corrected chi connectivity index (χ2v) is 5.98. The van der Waals surface area contributed by atoms with Crippen LogP contribution in [0.5, 0.6) is 11.5 Å². The van der Waals surface area contributed by atoms with Crippen molar-refractivity contribution in [3.63, 3.8) is 0 Å². The number of aliphatic hydroxyl groups excluding tert-OH is 2. The topological polar surface area (TPSA) is 58.9 Å². The van der Waals surface area contributed by atoms with Gasteiger partial charge in [0.15, 0.2) is 0 Å². The van der Waals surface area contributed by atoms with Crippen LogP contribution in [0.25, 0.3) is 10.8 Å². The van der Waals surface area contributed by atoms with Gasteiger partial charge in [-0.25, -0.2) is 0 Å². The molecule has 2 N–H and O–H groups in total. The molecule has 0 radical (unpaired) electrons. The Hall–Kier alpha value is -1.78. The highest BCUT2D eigenvalue weighted by Gasteiger charge is 2.13. The Labute approximate surface area is 137 Å². The van der Waals surface area contributed by atoms with Crippen LogP contribution in [-0.4, -0.2) is 35.6 Å². The molecule has 4 nitrogen and oxygen atoms in total. The molecule has 0 aliphatic carbocycles. The van der Waals surface area contributed by atoms with Gasteiger partial charge in [0.05, 0.1) is 12.2 Å². The second-order valence-electron chi connectivity index (χ2n) is 5.98. The normalized spacial score (nSPS) is 13.8. The summed E-state index contributed by atoms with van der Waals surface area (Å²) < 4.78 is 11.6. The van der Waals surface area contributed by atoms with Gasteiger partial charge in [-0.15, -0.1) is 0 Å². The van der Waals surface area contributed by atoms with E-state index >= 15 is 0 Å². The van der Waals surface area contributed by atoms with Crippen molar-refractivity contribution in [2.24, 2.45) is 0 Å². The lowest BCUT2D eigenvalue weighted by molar-refractivity contribution is 0.122. The molecule has 0 spiro atoms. The molecule has 0 aliphatic rings. The number of fused-ring (bicyclic) bond motifs is 1. The van der Waals surface area contributed by atoms with Crippen LogP contribution in [0, 0.1) is 0 Å². The molecule has 0 bridgehead atoms. The summed E-state index contributed by atoms with van der Waals surface area (Å²) in [7, 11) is 0. The molecule has 2 aromatic rings. The van der Waals surface area contributed by atoms with Crippen LogP contribution in [0.15, 0.2) is 30.3 Å². The summed E-state index contributed by atoms with van der Waals surface area (Å²) in [6.45, 7) is 6.04. The van der Waals surface area contributed by atoms with Crippen LogP contribution in [0.1, 0.15) is 32.8 Å². The molecule has 2 rings (SSSR count). The maximum absolute atomic E-state index is 9.53. The predicted molar refractivity (Wildman–Crippen MR) is 92.3 cm³/mol. The van der Waals surface area contributed by atoms with Crippen molar-refractivity contribution in [2.75, 3.05) is 13.2 Å². The zero-order valence-electron chi connectivity index (χ0n) is 14.1. The molecule has 0 saturated heterocycles. The van der Waals surface area contributed by atoms with E-state index in [9.17, 15) is 10.2 Å². The van der Waals surface area contributed by atoms with Gasteiger partial charge in [0.2, 0.25) is 0 Å². The molecule has 0 saturated carbocycles. The summed E-state index contributed by atoms with van der Waals surface area (Å²) in [5.74, 6) is 1.54. The highest BCUT2D eigenvalue weighted by molar-refractivity contribution is 5.94. The number of hydrogen-bond acceptors (Lipinski definition) is 4. The molecular formula is C19H26O4. The van der Waals surface area contributed by atoms with Crippen molar-refractivity contribution >= 4 is 10.8 Å². The van der Waals surface area contributed by atoms with Crippen molar-refractivity contribution in [3.8, 4) is 11.5 Å². The largest absolute Gasteiger partial charge is 0.490 e. The Bertz CT molecular complexity index is 635. The highest BCUT2D eigenvalue weighted by atomic mass is 16.5. The van der Waals surface area contributed by atoms with Crippen molar-refractivity contribution in [1.29, 1.82) is 0 Å². The van der Waals surface area contributed by atoms with Crippen LogP contribution in [0.2, 0.25) is 0 Å². The van der Waals surface area contributed by atoms with Crippen LogP contribution in [0.4, 0.5) is 0 Å². The van der Waals surface area contributed by atoms with Gasteiger partial charge in [-0.05, 0) is 31.9 Å². The first kappa shape index (κ1) is 17.6. The number of rotatable bonds is 8. The zero-order chi connectivity index (χ0) is 16.8. The molecule has 2 atom stereocenters. The van der Waals surface area contributed by atoms with Crippen LogP contribution >= 0.6 is 0 Å². The van der Waals surface area contributed by atoms with Crippen LogP contribution in [0.3, 0.4) is 0 Å². The molecule has 0 aromatic heterocycles. The lowest BCUT2D eigenvalue weighted by Crippen LogP contribution is -2.14. The number of aryl methyl sites for hydroxylation is 1. The van der Waals surface area contributed by atoms with E-state index in [1.165, 1.54) is 0 Å². The van der Waals surface area contributed by atoms with E-state index in [4.69, 9.17) is 9.47 Å². The lowest BCUT2D eigenvalue weighted by atomic mass is 10.0. The lowest BCUT2D eigenvalue weighted by Gasteiger charge is -2.17. The minimum absolute atomic E-state index is 0.250. The molecule has 0 amide bonds. The van der Waals surface area contributed by atoms with E-state index in [1.807, 2.05) is 24.3 Å². The second kappa shape index (κ2) is 8.18. The molecular weight excluding hydrogens is 292 g/mol. The third kappa shape index (κ3) is 4.60. The van der Waals surface area contributed by atoms with E-state index in [0.717, 1.165) is 40.7 Å². The van der Waals surface area contributed by atoms with Gasteiger partial charge in [0.25, 0.3) is 0 Å². The van der Waals surface area contributed by atoms with Crippen molar-refractivity contribution in [1.82, 2.24) is 0 Å². The van der Waals surface area contributed by atoms with Crippen molar-refractivity contribution in [2.45, 2.75) is 45.8 Å². The minimum atomic E-state index is -0.519. The summed E-state index contributed by atoms with van der Waals surface area (Å²) in [6, 6.07) is 9.90. The summed E-state index contributed by atoms with van der Waals surface area (Å²) in [5, 5.41) is 20.9. The fraction of sp³-hybridized carbons (Fsp3) is 0.474. The molecule has 0 fully saturated rings. The molecule has 0 heterocycles. The number of hydrogen-bond donors (Lipinski definition) is 2. The third-order valence-electron chi connectivity index (χ3n) is 3.52. The number of aliphatic hydroxyl groups is 2. The Morgan fingerprint density at radius 2 is 1.61 bits per heavy atom. The Morgan fingerprint density at radius 1 is 0.913 bits per heavy atom. The maximum atomic E-state index is 9.53. The van der Waals surface area contributed by atoms with Crippen molar-refractivity contribution < 1.29 is 19.7 Å². The Morgan fingerprint density at radius 3 is 2.26 bits per heavy atom. The van der Waals surface area contributed by atoms with Crippen LogP contribution in [-0.2, 0) is 6.42 Å². The molecule has 2 aromatic carbocycles. The van der Waals surface area contributed by atoms with Crippen LogP contribution < -0.4 is 9.47 Å². The van der Waals surface area contributed by atoms with E-state index < -0.39 is 12.2 Å². The number of ether oxygens (including phenoxy) is 2. The van der Waals surface area contributed by atoms with Crippen molar-refractivity contribution in [3.05, 3.63) is 35.9 Å². The quantitative estimate of drug-likeness (QED) is 0.784. The molecule has 2 unspecified atom stereocenters. The van der Waals surface area contributed by atoms with E-state index in [2.05, 4.69) is 13.0 Å². The SMILES string of the molecule is CCCc1ccc2c(OCC(C)O)cccc2c1OCC(C)O. The summed E-state index contributed by atoms with van der Waals surface area (Å²) in [4.78, 5) is 0. The maximum Gasteiger partial charge on any atom is 0.130 e. The average Bonchev–Trinajstić information content (AvgIpc) is 2.51. The van der Waals surface area contributed by atoms with Gasteiger partial charge in [-0.2, -0.15) is 0 Å². The predicted octanol–water partition coefficient (Wildman–Crippen LogP) is 3.31. The van der Waals surface area contributed by atoms with Gasteiger partial charge in [-0.3, -0.25) is 0 Å². The molecule has 126 valence electrons. The first-order valence-corrected chi connectivity index (χ1v) is 8.19. The summed E-state index contributed by atoms with van der Waals surface area (Å²) >= 11 is 0. The average molecular weight is 318 g/mol. The van der Waals surface area contributed by atoms with Gasteiger partial charge in [0.1, 0.15) is 24.7 Å². The fourth-order valence-electron chi connectivity index (χ4n) is 2.52. The Balaban J connectivity index is 2.44.